The van der Waals surface area contributed by atoms with Gasteiger partial charge in [0.2, 0.25) is 0 Å². The Hall–Kier alpha value is -2.08. The molecule has 0 spiro atoms. The molecule has 0 aliphatic carbocycles. The molecule has 0 saturated heterocycles. The van der Waals surface area contributed by atoms with Gasteiger partial charge in [0.05, 0.1) is 13.2 Å². The summed E-state index contributed by atoms with van der Waals surface area (Å²) in [5, 5.41) is 6.42. The Morgan fingerprint density at radius 2 is 1.87 bits per heavy atom. The van der Waals surface area contributed by atoms with Crippen LogP contribution >= 0.6 is 0 Å². The van der Waals surface area contributed by atoms with Crippen molar-refractivity contribution in [1.29, 1.82) is 0 Å². The lowest BCUT2D eigenvalue weighted by molar-refractivity contribution is 0.0827. The van der Waals surface area contributed by atoms with Gasteiger partial charge in [0, 0.05) is 39.4 Å². The molecule has 23 heavy (non-hydrogen) atoms. The molecule has 6 heteroatoms. The molecule has 1 rings (SSSR count). The van der Waals surface area contributed by atoms with Crippen LogP contribution < -0.4 is 10.6 Å². The van der Waals surface area contributed by atoms with Crippen LogP contribution in [0.4, 0.5) is 0 Å². The smallest absolute Gasteiger partial charge is 0.253 e. The van der Waals surface area contributed by atoms with Crippen LogP contribution in [0.1, 0.15) is 29.8 Å². The van der Waals surface area contributed by atoms with Crippen LogP contribution in [0.5, 0.6) is 0 Å². The van der Waals surface area contributed by atoms with E-state index in [1.54, 1.807) is 19.0 Å². The highest BCUT2D eigenvalue weighted by atomic mass is 16.5. The van der Waals surface area contributed by atoms with Crippen LogP contribution in [-0.4, -0.2) is 57.2 Å². The number of nitrogens with one attached hydrogen (secondary N) is 2. The monoisotopic (exact) mass is 320 g/mol. The summed E-state index contributed by atoms with van der Waals surface area (Å²) in [6.45, 7) is 7.45. The van der Waals surface area contributed by atoms with E-state index < -0.39 is 0 Å². The van der Waals surface area contributed by atoms with Crippen molar-refractivity contribution in [1.82, 2.24) is 15.5 Å². The highest BCUT2D eigenvalue weighted by Gasteiger charge is 2.07. The molecule has 0 aromatic heterocycles. The van der Waals surface area contributed by atoms with Gasteiger partial charge in [-0.15, -0.1) is 0 Å². The molecule has 0 unspecified atom stereocenters. The van der Waals surface area contributed by atoms with Crippen molar-refractivity contribution in [3.8, 4) is 0 Å². The second-order valence-electron chi connectivity index (χ2n) is 5.22. The third-order valence-electron chi connectivity index (χ3n) is 3.11. The fourth-order valence-corrected chi connectivity index (χ4v) is 1.91. The van der Waals surface area contributed by atoms with E-state index >= 15 is 0 Å². The minimum atomic E-state index is 0.00554. The lowest BCUT2D eigenvalue weighted by Gasteiger charge is -2.12. The maximum absolute atomic E-state index is 11.8. The second kappa shape index (κ2) is 10.6. The molecule has 128 valence electrons. The molecule has 0 radical (unpaired) electrons. The zero-order valence-electron chi connectivity index (χ0n) is 14.6. The number of benzene rings is 1. The number of guanidine groups is 1. The van der Waals surface area contributed by atoms with Gasteiger partial charge in [-0.05, 0) is 31.5 Å². The van der Waals surface area contributed by atoms with Gasteiger partial charge >= 0.3 is 0 Å². The zero-order valence-corrected chi connectivity index (χ0v) is 14.6. The number of ether oxygens (including phenoxy) is 1. The van der Waals surface area contributed by atoms with Crippen LogP contribution in [0.3, 0.4) is 0 Å². The van der Waals surface area contributed by atoms with E-state index in [9.17, 15) is 4.79 Å². The number of carbonyl (C=O) groups excluding carboxylic acids is 1. The van der Waals surface area contributed by atoms with E-state index in [0.29, 0.717) is 25.3 Å². The highest BCUT2D eigenvalue weighted by molar-refractivity contribution is 5.93. The van der Waals surface area contributed by atoms with Crippen molar-refractivity contribution >= 4 is 11.9 Å². The SMILES string of the molecule is CCNC(=NCc1ccc(C(=O)N(C)C)cc1)NCCOCC. The van der Waals surface area contributed by atoms with Crippen molar-refractivity contribution in [2.24, 2.45) is 4.99 Å². The summed E-state index contributed by atoms with van der Waals surface area (Å²) < 4.78 is 5.30. The van der Waals surface area contributed by atoms with Gasteiger partial charge in [0.1, 0.15) is 0 Å². The average Bonchev–Trinajstić information content (AvgIpc) is 2.56. The number of hydrogen-bond donors (Lipinski definition) is 2. The van der Waals surface area contributed by atoms with Gasteiger partial charge in [-0.1, -0.05) is 12.1 Å². The molecule has 6 nitrogen and oxygen atoms in total. The van der Waals surface area contributed by atoms with E-state index in [1.165, 1.54) is 0 Å². The van der Waals surface area contributed by atoms with Crippen molar-refractivity contribution < 1.29 is 9.53 Å². The Labute approximate surface area is 138 Å². The zero-order chi connectivity index (χ0) is 17.1. The van der Waals surface area contributed by atoms with Crippen molar-refractivity contribution in [3.05, 3.63) is 35.4 Å². The van der Waals surface area contributed by atoms with Gasteiger partial charge in [0.25, 0.3) is 5.91 Å². The molecule has 0 fully saturated rings. The number of nitrogens with zero attached hydrogens (tertiary/aromatic N) is 2. The van der Waals surface area contributed by atoms with Crippen LogP contribution in [0.15, 0.2) is 29.3 Å². The summed E-state index contributed by atoms with van der Waals surface area (Å²) in [7, 11) is 3.49. The van der Waals surface area contributed by atoms with E-state index in [-0.39, 0.29) is 5.91 Å². The van der Waals surface area contributed by atoms with Gasteiger partial charge in [-0.3, -0.25) is 4.79 Å². The first kappa shape index (κ1) is 19.0. The Balaban J connectivity index is 2.59. The third-order valence-corrected chi connectivity index (χ3v) is 3.11. The molecule has 0 bridgehead atoms. The molecule has 1 aromatic rings. The van der Waals surface area contributed by atoms with Crippen LogP contribution in [0.2, 0.25) is 0 Å². The van der Waals surface area contributed by atoms with Gasteiger partial charge in [-0.2, -0.15) is 0 Å². The Bertz CT molecular complexity index is 498. The van der Waals surface area contributed by atoms with Crippen molar-refractivity contribution in [3.63, 3.8) is 0 Å². The fourth-order valence-electron chi connectivity index (χ4n) is 1.91. The standard InChI is InChI=1S/C17H28N4O2/c1-5-18-17(19-11-12-23-6-2)20-13-14-7-9-15(10-8-14)16(22)21(3)4/h7-10H,5-6,11-13H2,1-4H3,(H2,18,19,20). The number of rotatable bonds is 8. The van der Waals surface area contributed by atoms with Crippen molar-refractivity contribution in [2.75, 3.05) is 40.4 Å². The first-order chi connectivity index (χ1) is 11.1. The predicted molar refractivity (Wildman–Crippen MR) is 93.8 cm³/mol. The molecular formula is C17H28N4O2. The maximum Gasteiger partial charge on any atom is 0.253 e. The minimum absolute atomic E-state index is 0.00554. The van der Waals surface area contributed by atoms with Gasteiger partial charge in [0.15, 0.2) is 5.96 Å². The average molecular weight is 320 g/mol. The molecule has 0 heterocycles. The topological polar surface area (TPSA) is 66.0 Å². The normalized spacial score (nSPS) is 11.2. The van der Waals surface area contributed by atoms with Gasteiger partial charge in [-0.25, -0.2) is 4.99 Å². The first-order valence-electron chi connectivity index (χ1n) is 7.99. The van der Waals surface area contributed by atoms with E-state index in [4.69, 9.17) is 4.74 Å². The summed E-state index contributed by atoms with van der Waals surface area (Å²) in [6, 6.07) is 7.54. The number of amides is 1. The summed E-state index contributed by atoms with van der Waals surface area (Å²) in [4.78, 5) is 17.9. The molecule has 0 aliphatic rings. The van der Waals surface area contributed by atoms with Crippen LogP contribution in [-0.2, 0) is 11.3 Å². The summed E-state index contributed by atoms with van der Waals surface area (Å²) in [5.41, 5.74) is 1.74. The molecule has 0 aliphatic heterocycles. The van der Waals surface area contributed by atoms with E-state index in [1.807, 2.05) is 38.1 Å². The Morgan fingerprint density at radius 1 is 1.17 bits per heavy atom. The quantitative estimate of drug-likeness (QED) is 0.433. The van der Waals surface area contributed by atoms with Crippen LogP contribution in [0.25, 0.3) is 0 Å². The number of carbonyl (C=O) groups is 1. The fraction of sp³-hybridized carbons (Fsp3) is 0.529. The van der Waals surface area contributed by atoms with Crippen molar-refractivity contribution in [2.45, 2.75) is 20.4 Å². The van der Waals surface area contributed by atoms with Crippen LogP contribution in [0, 0.1) is 0 Å². The predicted octanol–water partition coefficient (Wildman–Crippen LogP) is 1.48. The summed E-state index contributed by atoms with van der Waals surface area (Å²) in [6.07, 6.45) is 0. The lowest BCUT2D eigenvalue weighted by atomic mass is 10.1. The maximum atomic E-state index is 11.8. The summed E-state index contributed by atoms with van der Waals surface area (Å²) in [5.74, 6) is 0.770. The van der Waals surface area contributed by atoms with Gasteiger partial charge < -0.3 is 20.3 Å². The molecule has 0 atom stereocenters. The first-order valence-corrected chi connectivity index (χ1v) is 7.99. The molecular weight excluding hydrogens is 292 g/mol. The third kappa shape index (κ3) is 7.15. The minimum Gasteiger partial charge on any atom is -0.380 e. The Kier molecular flexibility index (Phi) is 8.75. The summed E-state index contributed by atoms with van der Waals surface area (Å²) >= 11 is 0. The Morgan fingerprint density at radius 3 is 2.43 bits per heavy atom. The largest absolute Gasteiger partial charge is 0.380 e. The van der Waals surface area contributed by atoms with E-state index in [0.717, 1.165) is 24.6 Å². The molecule has 1 aromatic carbocycles. The number of aliphatic imine (C=N–C) groups is 1. The highest BCUT2D eigenvalue weighted by Crippen LogP contribution is 2.07. The lowest BCUT2D eigenvalue weighted by Crippen LogP contribution is -2.39. The molecule has 2 N–H and O–H groups in total. The van der Waals surface area contributed by atoms with E-state index in [2.05, 4.69) is 15.6 Å². The second-order valence-corrected chi connectivity index (χ2v) is 5.22. The molecule has 0 saturated carbocycles. The molecule has 1 amide bonds. The number of hydrogen-bond acceptors (Lipinski definition) is 3.